The molecule has 1 saturated heterocycles. The van der Waals surface area contributed by atoms with Crippen molar-refractivity contribution in [3.63, 3.8) is 0 Å². The van der Waals surface area contributed by atoms with E-state index in [1.165, 1.54) is 0 Å². The fourth-order valence-electron chi connectivity index (χ4n) is 3.03. The van der Waals surface area contributed by atoms with Gasteiger partial charge in [0.1, 0.15) is 0 Å². The van der Waals surface area contributed by atoms with Crippen LogP contribution in [-0.2, 0) is 9.47 Å². The van der Waals surface area contributed by atoms with Crippen LogP contribution in [0.4, 0.5) is 10.5 Å². The van der Waals surface area contributed by atoms with Crippen LogP contribution in [0.25, 0.3) is 0 Å². The molecule has 1 aliphatic heterocycles. The maximum Gasteiger partial charge on any atom is 0.319 e. The van der Waals surface area contributed by atoms with Gasteiger partial charge in [-0.05, 0) is 31.4 Å². The second-order valence-corrected chi connectivity index (χ2v) is 6.66. The van der Waals surface area contributed by atoms with Gasteiger partial charge in [0.05, 0.1) is 18.9 Å². The number of anilines is 1. The van der Waals surface area contributed by atoms with Crippen LogP contribution in [0.1, 0.15) is 39.5 Å². The molecule has 2 amide bonds. The van der Waals surface area contributed by atoms with E-state index in [1.807, 2.05) is 0 Å². The summed E-state index contributed by atoms with van der Waals surface area (Å²) in [7, 11) is 0. The van der Waals surface area contributed by atoms with Crippen molar-refractivity contribution in [3.8, 4) is 0 Å². The molecule has 0 saturated carbocycles. The van der Waals surface area contributed by atoms with Crippen molar-refractivity contribution in [3.05, 3.63) is 23.5 Å². The van der Waals surface area contributed by atoms with Crippen LogP contribution >= 0.6 is 11.6 Å². The number of amides is 2. The lowest BCUT2D eigenvalue weighted by Gasteiger charge is -2.34. The fourth-order valence-corrected chi connectivity index (χ4v) is 3.20. The summed E-state index contributed by atoms with van der Waals surface area (Å²) in [5.74, 6) is 0. The fraction of sp³-hybridized carbons (Fsp3) is 0.647. The highest BCUT2D eigenvalue weighted by Crippen LogP contribution is 2.37. The third-order valence-electron chi connectivity index (χ3n) is 4.23. The second kappa shape index (κ2) is 9.20. The molecule has 0 aliphatic carbocycles. The van der Waals surface area contributed by atoms with E-state index in [9.17, 15) is 4.79 Å². The summed E-state index contributed by atoms with van der Waals surface area (Å²) < 4.78 is 11.4. The Morgan fingerprint density at radius 2 is 2.17 bits per heavy atom. The molecule has 0 bridgehead atoms. The number of carbonyl (C=O) groups excluding carboxylic acids is 1. The number of ether oxygens (including phenoxy) is 2. The normalized spacial score (nSPS) is 17.5. The molecule has 2 N–H and O–H groups in total. The zero-order valence-corrected chi connectivity index (χ0v) is 15.1. The summed E-state index contributed by atoms with van der Waals surface area (Å²) in [6, 6.07) is 3.15. The van der Waals surface area contributed by atoms with E-state index in [1.54, 1.807) is 18.3 Å². The van der Waals surface area contributed by atoms with Gasteiger partial charge in [0.2, 0.25) is 0 Å². The summed E-state index contributed by atoms with van der Waals surface area (Å²) in [4.78, 5) is 15.8. The highest BCUT2D eigenvalue weighted by molar-refractivity contribution is 6.32. The van der Waals surface area contributed by atoms with Crippen molar-refractivity contribution < 1.29 is 14.3 Å². The van der Waals surface area contributed by atoms with E-state index in [0.29, 0.717) is 25.4 Å². The summed E-state index contributed by atoms with van der Waals surface area (Å²) in [5, 5.41) is 5.82. The van der Waals surface area contributed by atoms with Crippen molar-refractivity contribution in [2.75, 3.05) is 25.1 Å². The molecule has 0 spiro atoms. The molecule has 0 aromatic carbocycles. The molecule has 0 radical (unpaired) electrons. The molecule has 1 unspecified atom stereocenters. The van der Waals surface area contributed by atoms with Gasteiger partial charge in [-0.3, -0.25) is 0 Å². The summed E-state index contributed by atoms with van der Waals surface area (Å²) in [6.07, 6.45) is 5.34. The lowest BCUT2D eigenvalue weighted by molar-refractivity contribution is -0.133. The number of rotatable bonds is 8. The van der Waals surface area contributed by atoms with Gasteiger partial charge < -0.3 is 20.1 Å². The predicted octanol–water partition coefficient (Wildman–Crippen LogP) is 3.82. The van der Waals surface area contributed by atoms with Crippen molar-refractivity contribution >= 4 is 23.3 Å². The van der Waals surface area contributed by atoms with Crippen LogP contribution < -0.4 is 10.6 Å². The number of urea groups is 1. The van der Waals surface area contributed by atoms with Crippen molar-refractivity contribution in [1.29, 1.82) is 0 Å². The summed E-state index contributed by atoms with van der Waals surface area (Å²) >= 11 is 5.92. The van der Waals surface area contributed by atoms with Crippen LogP contribution in [0.5, 0.6) is 0 Å². The number of halogens is 1. The maximum atomic E-state index is 11.9. The van der Waals surface area contributed by atoms with Crippen molar-refractivity contribution in [1.82, 2.24) is 10.3 Å². The summed E-state index contributed by atoms with van der Waals surface area (Å²) in [5.41, 5.74) is 0.482. The van der Waals surface area contributed by atoms with Gasteiger partial charge in [0, 0.05) is 18.2 Å². The zero-order valence-electron chi connectivity index (χ0n) is 14.3. The lowest BCUT2D eigenvalue weighted by Crippen LogP contribution is -2.35. The van der Waals surface area contributed by atoms with Crippen molar-refractivity contribution in [2.24, 2.45) is 5.41 Å². The number of aromatic nitrogens is 1. The zero-order chi connectivity index (χ0) is 17.4. The lowest BCUT2D eigenvalue weighted by atomic mass is 9.80. The molecule has 1 aromatic rings. The second-order valence-electron chi connectivity index (χ2n) is 6.30. The van der Waals surface area contributed by atoms with Gasteiger partial charge in [-0.15, -0.1) is 0 Å². The van der Waals surface area contributed by atoms with Crippen LogP contribution in [0.2, 0.25) is 5.15 Å². The minimum absolute atomic E-state index is 0.0178. The quantitative estimate of drug-likeness (QED) is 0.549. The molecule has 1 atom stereocenters. The average Bonchev–Trinajstić information content (AvgIpc) is 3.09. The average molecular weight is 356 g/mol. The molecule has 24 heavy (non-hydrogen) atoms. The first-order valence-electron chi connectivity index (χ1n) is 8.44. The minimum Gasteiger partial charge on any atom is -0.350 e. The van der Waals surface area contributed by atoms with E-state index in [-0.39, 0.29) is 22.9 Å². The van der Waals surface area contributed by atoms with Crippen LogP contribution in [0.15, 0.2) is 18.3 Å². The SMILES string of the molecule is CCCC(C)(CCCNC(=O)Nc1cccnc1Cl)C1OCCO1. The first-order chi connectivity index (χ1) is 11.5. The first kappa shape index (κ1) is 19.0. The van der Waals surface area contributed by atoms with Gasteiger partial charge in [-0.25, -0.2) is 9.78 Å². The van der Waals surface area contributed by atoms with E-state index in [0.717, 1.165) is 25.7 Å². The third-order valence-corrected chi connectivity index (χ3v) is 4.53. The van der Waals surface area contributed by atoms with Gasteiger partial charge in [0.25, 0.3) is 0 Å². The molecule has 1 aromatic heterocycles. The Balaban J connectivity index is 1.74. The van der Waals surface area contributed by atoms with Gasteiger partial charge in [-0.1, -0.05) is 31.9 Å². The first-order valence-corrected chi connectivity index (χ1v) is 8.81. The van der Waals surface area contributed by atoms with E-state index in [2.05, 4.69) is 29.5 Å². The van der Waals surface area contributed by atoms with E-state index in [4.69, 9.17) is 21.1 Å². The van der Waals surface area contributed by atoms with Gasteiger partial charge >= 0.3 is 6.03 Å². The Kier molecular flexibility index (Phi) is 7.27. The van der Waals surface area contributed by atoms with Gasteiger partial charge in [0.15, 0.2) is 11.4 Å². The molecule has 134 valence electrons. The molecular weight excluding hydrogens is 330 g/mol. The third kappa shape index (κ3) is 5.33. The number of hydrogen-bond acceptors (Lipinski definition) is 4. The minimum atomic E-state index is -0.282. The standard InChI is InChI=1S/C17H26ClN3O3/c1-3-7-17(2,15-23-11-12-24-15)8-5-10-20-16(22)21-13-6-4-9-19-14(13)18/h4,6,9,15H,3,5,7-8,10-12H2,1-2H3,(H2,20,21,22). The molecule has 6 nitrogen and oxygen atoms in total. The maximum absolute atomic E-state index is 11.9. The molecule has 1 aliphatic rings. The monoisotopic (exact) mass is 355 g/mol. The Morgan fingerprint density at radius 3 is 2.83 bits per heavy atom. The molecular formula is C17H26ClN3O3. The Hall–Kier alpha value is -1.37. The Labute approximate surface area is 148 Å². The van der Waals surface area contributed by atoms with Crippen LogP contribution in [-0.4, -0.2) is 37.1 Å². The largest absolute Gasteiger partial charge is 0.350 e. The van der Waals surface area contributed by atoms with Crippen LogP contribution in [0.3, 0.4) is 0 Å². The van der Waals surface area contributed by atoms with Gasteiger partial charge in [-0.2, -0.15) is 0 Å². The Morgan fingerprint density at radius 1 is 1.42 bits per heavy atom. The Bertz CT molecular complexity index is 538. The molecule has 7 heteroatoms. The van der Waals surface area contributed by atoms with Crippen molar-refractivity contribution in [2.45, 2.75) is 45.8 Å². The summed E-state index contributed by atoms with van der Waals surface area (Å²) in [6.45, 7) is 6.27. The number of carbonyl (C=O) groups is 1. The molecule has 2 rings (SSSR count). The number of pyridine rings is 1. The molecule has 1 fully saturated rings. The number of nitrogens with zero attached hydrogens (tertiary/aromatic N) is 1. The molecule has 2 heterocycles. The topological polar surface area (TPSA) is 72.5 Å². The highest BCUT2D eigenvalue weighted by atomic mass is 35.5. The highest BCUT2D eigenvalue weighted by Gasteiger charge is 2.37. The van der Waals surface area contributed by atoms with Crippen LogP contribution in [0, 0.1) is 5.41 Å². The predicted molar refractivity (Wildman–Crippen MR) is 94.2 cm³/mol. The van der Waals surface area contributed by atoms with E-state index < -0.39 is 0 Å². The van der Waals surface area contributed by atoms with E-state index >= 15 is 0 Å². The number of nitrogens with one attached hydrogen (secondary N) is 2. The smallest absolute Gasteiger partial charge is 0.319 e. The number of hydrogen-bond donors (Lipinski definition) is 2.